The summed E-state index contributed by atoms with van der Waals surface area (Å²) < 4.78 is 0. The van der Waals surface area contributed by atoms with E-state index in [0.717, 1.165) is 15.7 Å². The van der Waals surface area contributed by atoms with E-state index in [2.05, 4.69) is 5.32 Å². The van der Waals surface area contributed by atoms with Gasteiger partial charge >= 0.3 is 0 Å². The summed E-state index contributed by atoms with van der Waals surface area (Å²) in [6, 6.07) is 11.8. The lowest BCUT2D eigenvalue weighted by Gasteiger charge is -2.12. The van der Waals surface area contributed by atoms with Gasteiger partial charge in [-0.1, -0.05) is 29.8 Å². The lowest BCUT2D eigenvalue weighted by atomic mass is 10.2. The molecule has 0 radical (unpaired) electrons. The van der Waals surface area contributed by atoms with Gasteiger partial charge < -0.3 is 5.32 Å². The topological polar surface area (TPSA) is 29.1 Å². The first-order chi connectivity index (χ1) is 9.66. The first-order valence-corrected chi connectivity index (χ1v) is 8.61. The minimum absolute atomic E-state index is 0.0745. The second-order valence-corrected chi connectivity index (χ2v) is 6.86. The van der Waals surface area contributed by atoms with Gasteiger partial charge in [-0.05, 0) is 30.5 Å². The van der Waals surface area contributed by atoms with E-state index in [9.17, 15) is 4.79 Å². The molecule has 0 saturated carbocycles. The highest BCUT2D eigenvalue weighted by Gasteiger charge is 2.10. The van der Waals surface area contributed by atoms with E-state index in [0.29, 0.717) is 6.42 Å². The smallest absolute Gasteiger partial charge is 0.221 e. The van der Waals surface area contributed by atoms with Crippen molar-refractivity contribution in [3.63, 3.8) is 0 Å². The highest BCUT2D eigenvalue weighted by Crippen LogP contribution is 2.27. The molecule has 1 N–H and O–H groups in total. The molecule has 0 saturated heterocycles. The molecule has 0 fully saturated rings. The van der Waals surface area contributed by atoms with E-state index in [4.69, 9.17) is 11.6 Å². The second-order valence-electron chi connectivity index (χ2n) is 4.33. The van der Waals surface area contributed by atoms with Gasteiger partial charge in [0, 0.05) is 21.9 Å². The third-order valence-electron chi connectivity index (χ3n) is 2.77. The van der Waals surface area contributed by atoms with Crippen molar-refractivity contribution in [2.75, 3.05) is 5.75 Å². The van der Waals surface area contributed by atoms with E-state index in [1.54, 1.807) is 23.1 Å². The third-order valence-corrected chi connectivity index (χ3v) is 5.34. The summed E-state index contributed by atoms with van der Waals surface area (Å²) in [6.07, 6.45) is 0.492. The predicted octanol–water partition coefficient (Wildman–Crippen LogP) is 4.76. The normalized spacial score (nSPS) is 12.1. The van der Waals surface area contributed by atoms with E-state index in [-0.39, 0.29) is 11.9 Å². The number of thiophene rings is 1. The Hall–Kier alpha value is -0.970. The Balaban J connectivity index is 1.74. The number of carbonyl (C=O) groups is 1. The van der Waals surface area contributed by atoms with Gasteiger partial charge in [0.25, 0.3) is 0 Å². The second kappa shape index (κ2) is 7.72. The van der Waals surface area contributed by atoms with E-state index >= 15 is 0 Å². The molecule has 2 rings (SSSR count). The summed E-state index contributed by atoms with van der Waals surface area (Å²) in [7, 11) is 0. The van der Waals surface area contributed by atoms with Gasteiger partial charge in [0.05, 0.1) is 11.1 Å². The number of rotatable bonds is 6. The van der Waals surface area contributed by atoms with E-state index < -0.39 is 0 Å². The molecule has 0 aliphatic carbocycles. The van der Waals surface area contributed by atoms with Crippen LogP contribution in [0.25, 0.3) is 0 Å². The minimum atomic E-state index is 0.0745. The van der Waals surface area contributed by atoms with Gasteiger partial charge in [-0.25, -0.2) is 0 Å². The van der Waals surface area contributed by atoms with Crippen LogP contribution in [0.5, 0.6) is 0 Å². The fourth-order valence-electron chi connectivity index (χ4n) is 1.74. The van der Waals surface area contributed by atoms with Crippen molar-refractivity contribution in [2.45, 2.75) is 24.3 Å². The zero-order valence-electron chi connectivity index (χ0n) is 11.1. The maximum absolute atomic E-state index is 11.9. The zero-order valence-corrected chi connectivity index (χ0v) is 13.5. The first-order valence-electron chi connectivity index (χ1n) is 6.37. The number of thioether (sulfide) groups is 1. The molecule has 20 heavy (non-hydrogen) atoms. The van der Waals surface area contributed by atoms with E-state index in [1.807, 2.05) is 48.7 Å². The van der Waals surface area contributed by atoms with Crippen molar-refractivity contribution in [1.29, 1.82) is 0 Å². The van der Waals surface area contributed by atoms with Crippen molar-refractivity contribution >= 4 is 40.6 Å². The average Bonchev–Trinajstić information content (AvgIpc) is 2.95. The molecule has 0 aliphatic heterocycles. The Bertz CT molecular complexity index is 557. The Morgan fingerprint density at radius 1 is 1.35 bits per heavy atom. The van der Waals surface area contributed by atoms with Crippen molar-refractivity contribution in [3.8, 4) is 0 Å². The van der Waals surface area contributed by atoms with Crippen LogP contribution in [0, 0.1) is 0 Å². The summed E-state index contributed by atoms with van der Waals surface area (Å²) in [5.74, 6) is 0.803. The molecule has 2 nitrogen and oxygen atoms in total. The Kier molecular flexibility index (Phi) is 5.95. The predicted molar refractivity (Wildman–Crippen MR) is 87.7 cm³/mol. The molecule has 0 aliphatic rings. The van der Waals surface area contributed by atoms with Crippen LogP contribution in [0.3, 0.4) is 0 Å². The molecule has 106 valence electrons. The van der Waals surface area contributed by atoms with Crippen LogP contribution in [0.1, 0.15) is 24.3 Å². The monoisotopic (exact) mass is 325 g/mol. The van der Waals surface area contributed by atoms with Gasteiger partial charge in [0.2, 0.25) is 5.91 Å². The van der Waals surface area contributed by atoms with Crippen LogP contribution in [0.2, 0.25) is 5.02 Å². The minimum Gasteiger partial charge on any atom is -0.349 e. The number of benzene rings is 1. The molecule has 5 heteroatoms. The maximum Gasteiger partial charge on any atom is 0.221 e. The lowest BCUT2D eigenvalue weighted by Crippen LogP contribution is -2.26. The van der Waals surface area contributed by atoms with Crippen LogP contribution >= 0.6 is 34.7 Å². The highest BCUT2D eigenvalue weighted by atomic mass is 35.5. The van der Waals surface area contributed by atoms with Crippen molar-refractivity contribution in [1.82, 2.24) is 5.32 Å². The molecular formula is C15H16ClNOS2. The van der Waals surface area contributed by atoms with Crippen molar-refractivity contribution < 1.29 is 4.79 Å². The van der Waals surface area contributed by atoms with Crippen LogP contribution in [-0.2, 0) is 4.79 Å². The molecule has 0 spiro atoms. The Labute approximate surface area is 132 Å². The first kappa shape index (κ1) is 15.4. The third kappa shape index (κ3) is 4.54. The highest BCUT2D eigenvalue weighted by molar-refractivity contribution is 7.99. The summed E-state index contributed by atoms with van der Waals surface area (Å²) >= 11 is 9.34. The van der Waals surface area contributed by atoms with Gasteiger partial charge in [-0.15, -0.1) is 23.1 Å². The Morgan fingerprint density at radius 3 is 2.85 bits per heavy atom. The number of amides is 1. The van der Waals surface area contributed by atoms with Gasteiger partial charge in [-0.2, -0.15) is 0 Å². The molecule has 1 heterocycles. The molecule has 2 aromatic rings. The fourth-order valence-corrected chi connectivity index (χ4v) is 3.66. The Morgan fingerprint density at radius 2 is 2.15 bits per heavy atom. The quantitative estimate of drug-likeness (QED) is 0.776. The summed E-state index contributed by atoms with van der Waals surface area (Å²) in [5.41, 5.74) is 0. The molecule has 1 aromatic carbocycles. The average molecular weight is 326 g/mol. The van der Waals surface area contributed by atoms with Gasteiger partial charge in [0.15, 0.2) is 0 Å². The number of hydrogen-bond acceptors (Lipinski definition) is 3. The van der Waals surface area contributed by atoms with Crippen LogP contribution in [0.4, 0.5) is 0 Å². The summed E-state index contributed by atoms with van der Waals surface area (Å²) in [5, 5.41) is 5.77. The standard InChI is InChI=1S/C15H16ClNOS2/c1-11(13-7-4-9-19-13)17-15(18)8-10-20-14-6-3-2-5-12(14)16/h2-7,9,11H,8,10H2,1H3,(H,17,18). The van der Waals surface area contributed by atoms with Crippen LogP contribution in [0.15, 0.2) is 46.7 Å². The van der Waals surface area contributed by atoms with Crippen LogP contribution < -0.4 is 5.32 Å². The summed E-state index contributed by atoms with van der Waals surface area (Å²) in [4.78, 5) is 14.1. The molecule has 1 amide bonds. The SMILES string of the molecule is CC(NC(=O)CCSc1ccccc1Cl)c1cccs1. The molecule has 1 aromatic heterocycles. The van der Waals surface area contributed by atoms with E-state index in [1.165, 1.54) is 4.88 Å². The number of halogens is 1. The fraction of sp³-hybridized carbons (Fsp3) is 0.267. The van der Waals surface area contributed by atoms with Gasteiger partial charge in [0.1, 0.15) is 0 Å². The number of nitrogens with one attached hydrogen (secondary N) is 1. The molecule has 1 unspecified atom stereocenters. The summed E-state index contributed by atoms with van der Waals surface area (Å²) in [6.45, 7) is 2.00. The van der Waals surface area contributed by atoms with Crippen LogP contribution in [-0.4, -0.2) is 11.7 Å². The lowest BCUT2D eigenvalue weighted by molar-refractivity contribution is -0.121. The van der Waals surface area contributed by atoms with Gasteiger partial charge in [-0.3, -0.25) is 4.79 Å². The molecule has 1 atom stereocenters. The molecule has 0 bridgehead atoms. The maximum atomic E-state index is 11.9. The van der Waals surface area contributed by atoms with Crippen molar-refractivity contribution in [2.24, 2.45) is 0 Å². The zero-order chi connectivity index (χ0) is 14.4. The number of carbonyl (C=O) groups excluding carboxylic acids is 1. The van der Waals surface area contributed by atoms with Crippen molar-refractivity contribution in [3.05, 3.63) is 51.7 Å². The molecular weight excluding hydrogens is 310 g/mol. The largest absolute Gasteiger partial charge is 0.349 e. The number of hydrogen-bond donors (Lipinski definition) is 1.